The molecule has 21 heavy (non-hydrogen) atoms. The zero-order valence-electron chi connectivity index (χ0n) is 11.4. The molecule has 3 N–H and O–H groups in total. The number of carboxylic acids is 1. The predicted molar refractivity (Wildman–Crippen MR) is 78.2 cm³/mol. The van der Waals surface area contributed by atoms with Crippen molar-refractivity contribution in [3.63, 3.8) is 0 Å². The average molecular weight is 356 g/mol. The van der Waals surface area contributed by atoms with Crippen LogP contribution in [-0.4, -0.2) is 43.6 Å². The molecule has 0 radical (unpaired) electrons. The second-order valence-electron chi connectivity index (χ2n) is 4.65. The summed E-state index contributed by atoms with van der Waals surface area (Å²) in [4.78, 5) is 27.6. The van der Waals surface area contributed by atoms with E-state index in [1.165, 1.54) is 6.92 Å². The lowest BCUT2D eigenvalue weighted by Crippen LogP contribution is -2.48. The van der Waals surface area contributed by atoms with Crippen molar-refractivity contribution >= 4 is 33.5 Å². The molecule has 0 fully saturated rings. The van der Waals surface area contributed by atoms with Gasteiger partial charge in [0.05, 0.1) is 11.8 Å². The maximum atomic E-state index is 12.3. The maximum Gasteiger partial charge on any atom is 0.328 e. The molecule has 0 bridgehead atoms. The standard InChI is InChI=1S/C13H14BrN3O4/c1-6-11(12(19)16-10(7(2)18)13(20)21)17-5-8(14)3-4-9(17)15-6/h3-5,7,10,18H,1-2H3,(H,16,19)(H,20,21). The van der Waals surface area contributed by atoms with Crippen molar-refractivity contribution in [1.29, 1.82) is 0 Å². The second kappa shape index (κ2) is 5.82. The summed E-state index contributed by atoms with van der Waals surface area (Å²) in [5.41, 5.74) is 1.28. The van der Waals surface area contributed by atoms with Gasteiger partial charge in [0.2, 0.25) is 0 Å². The molecule has 1 amide bonds. The molecule has 0 saturated carbocycles. The van der Waals surface area contributed by atoms with Crippen molar-refractivity contribution in [3.05, 3.63) is 34.2 Å². The van der Waals surface area contributed by atoms with Gasteiger partial charge < -0.3 is 15.5 Å². The Bertz CT molecular complexity index is 711. The van der Waals surface area contributed by atoms with E-state index in [-0.39, 0.29) is 5.69 Å². The van der Waals surface area contributed by atoms with Gasteiger partial charge in [0, 0.05) is 10.7 Å². The van der Waals surface area contributed by atoms with Gasteiger partial charge in [0.25, 0.3) is 5.91 Å². The molecule has 2 heterocycles. The fourth-order valence-electron chi connectivity index (χ4n) is 2.01. The van der Waals surface area contributed by atoms with E-state index in [1.54, 1.807) is 29.7 Å². The fraction of sp³-hybridized carbons (Fsp3) is 0.308. The lowest BCUT2D eigenvalue weighted by atomic mass is 10.1. The lowest BCUT2D eigenvalue weighted by molar-refractivity contribution is -0.141. The number of carboxylic acid groups (broad SMARTS) is 1. The molecule has 8 heteroatoms. The highest BCUT2D eigenvalue weighted by molar-refractivity contribution is 9.10. The van der Waals surface area contributed by atoms with E-state index in [2.05, 4.69) is 26.2 Å². The summed E-state index contributed by atoms with van der Waals surface area (Å²) in [6, 6.07) is 2.14. The van der Waals surface area contributed by atoms with Crippen LogP contribution in [-0.2, 0) is 4.79 Å². The summed E-state index contributed by atoms with van der Waals surface area (Å²) in [5, 5.41) is 20.7. The summed E-state index contributed by atoms with van der Waals surface area (Å²) >= 11 is 3.31. The van der Waals surface area contributed by atoms with E-state index in [0.717, 1.165) is 4.47 Å². The van der Waals surface area contributed by atoms with Crippen LogP contribution in [0.2, 0.25) is 0 Å². The largest absolute Gasteiger partial charge is 0.480 e. The number of hydrogen-bond donors (Lipinski definition) is 3. The highest BCUT2D eigenvalue weighted by atomic mass is 79.9. The zero-order chi connectivity index (χ0) is 15.7. The highest BCUT2D eigenvalue weighted by Crippen LogP contribution is 2.17. The first-order valence-corrected chi connectivity index (χ1v) is 6.96. The summed E-state index contributed by atoms with van der Waals surface area (Å²) in [6.45, 7) is 2.96. The van der Waals surface area contributed by atoms with Crippen LogP contribution in [0.4, 0.5) is 0 Å². The molecule has 2 aromatic heterocycles. The third kappa shape index (κ3) is 3.06. The monoisotopic (exact) mass is 355 g/mol. The highest BCUT2D eigenvalue weighted by Gasteiger charge is 2.27. The van der Waals surface area contributed by atoms with Gasteiger partial charge in [-0.05, 0) is 41.9 Å². The number of pyridine rings is 1. The van der Waals surface area contributed by atoms with E-state index in [4.69, 9.17) is 5.11 Å². The number of aliphatic hydroxyl groups excluding tert-OH is 1. The van der Waals surface area contributed by atoms with Gasteiger partial charge in [-0.15, -0.1) is 0 Å². The van der Waals surface area contributed by atoms with E-state index < -0.39 is 24.0 Å². The predicted octanol–water partition coefficient (Wildman–Crippen LogP) is 0.969. The number of imidazole rings is 1. The Hall–Kier alpha value is -1.93. The molecular weight excluding hydrogens is 342 g/mol. The molecule has 0 aliphatic rings. The molecule has 2 rings (SSSR count). The molecule has 7 nitrogen and oxygen atoms in total. The minimum atomic E-state index is -1.38. The van der Waals surface area contributed by atoms with Crippen molar-refractivity contribution in [1.82, 2.24) is 14.7 Å². The minimum Gasteiger partial charge on any atom is -0.480 e. The number of carbonyl (C=O) groups excluding carboxylic acids is 1. The molecule has 112 valence electrons. The van der Waals surface area contributed by atoms with E-state index >= 15 is 0 Å². The topological polar surface area (TPSA) is 104 Å². The first-order valence-electron chi connectivity index (χ1n) is 6.17. The third-order valence-electron chi connectivity index (χ3n) is 3.01. The molecule has 0 aliphatic carbocycles. The summed E-state index contributed by atoms with van der Waals surface area (Å²) in [7, 11) is 0. The van der Waals surface area contributed by atoms with Gasteiger partial charge in [0.15, 0.2) is 6.04 Å². The van der Waals surface area contributed by atoms with Gasteiger partial charge in [0.1, 0.15) is 11.3 Å². The van der Waals surface area contributed by atoms with E-state index in [1.807, 2.05) is 0 Å². The summed E-state index contributed by atoms with van der Waals surface area (Å²) in [6.07, 6.45) is 0.459. The smallest absolute Gasteiger partial charge is 0.328 e. The quantitative estimate of drug-likeness (QED) is 0.757. The first kappa shape index (κ1) is 15.5. The van der Waals surface area contributed by atoms with Crippen LogP contribution in [0.15, 0.2) is 22.8 Å². The Kier molecular flexibility index (Phi) is 4.29. The Morgan fingerprint density at radius 3 is 2.67 bits per heavy atom. The number of aliphatic hydroxyl groups is 1. The van der Waals surface area contributed by atoms with Crippen LogP contribution < -0.4 is 5.32 Å². The number of amides is 1. The third-order valence-corrected chi connectivity index (χ3v) is 3.48. The van der Waals surface area contributed by atoms with Crippen LogP contribution in [0.5, 0.6) is 0 Å². The number of nitrogens with one attached hydrogen (secondary N) is 1. The number of aliphatic carboxylic acids is 1. The lowest BCUT2D eigenvalue weighted by Gasteiger charge is -2.17. The molecule has 0 saturated heterocycles. The molecule has 2 unspecified atom stereocenters. The van der Waals surface area contributed by atoms with Crippen LogP contribution in [0.25, 0.3) is 5.65 Å². The number of hydrogen-bond acceptors (Lipinski definition) is 4. The molecule has 0 spiro atoms. The molecule has 0 aliphatic heterocycles. The SMILES string of the molecule is Cc1nc2ccc(Br)cn2c1C(=O)NC(C(=O)O)C(C)O. The van der Waals surface area contributed by atoms with E-state index in [9.17, 15) is 14.7 Å². The first-order chi connectivity index (χ1) is 9.81. The number of halogens is 1. The summed E-state index contributed by atoms with van der Waals surface area (Å²) in [5.74, 6) is -1.91. The normalized spacial score (nSPS) is 13.9. The second-order valence-corrected chi connectivity index (χ2v) is 5.57. The number of carbonyl (C=O) groups is 2. The Labute approximate surface area is 128 Å². The number of nitrogens with zero attached hydrogens (tertiary/aromatic N) is 2. The van der Waals surface area contributed by atoms with Gasteiger partial charge >= 0.3 is 5.97 Å². The Balaban J connectivity index is 2.41. The van der Waals surface area contributed by atoms with Crippen molar-refractivity contribution in [2.45, 2.75) is 26.0 Å². The number of aryl methyl sites for hydroxylation is 1. The zero-order valence-corrected chi connectivity index (χ0v) is 13.0. The average Bonchev–Trinajstić information content (AvgIpc) is 2.70. The minimum absolute atomic E-state index is 0.234. The van der Waals surface area contributed by atoms with Crippen LogP contribution in [0, 0.1) is 6.92 Å². The molecule has 0 aromatic carbocycles. The van der Waals surface area contributed by atoms with Gasteiger partial charge in [-0.1, -0.05) is 0 Å². The van der Waals surface area contributed by atoms with Gasteiger partial charge in [-0.25, -0.2) is 9.78 Å². The summed E-state index contributed by atoms with van der Waals surface area (Å²) < 4.78 is 2.32. The maximum absolute atomic E-state index is 12.3. The van der Waals surface area contributed by atoms with Crippen molar-refractivity contribution in [3.8, 4) is 0 Å². The number of rotatable bonds is 4. The Morgan fingerprint density at radius 1 is 1.43 bits per heavy atom. The molecular formula is C13H14BrN3O4. The van der Waals surface area contributed by atoms with Gasteiger partial charge in [-0.2, -0.15) is 0 Å². The van der Waals surface area contributed by atoms with Crippen molar-refractivity contribution < 1.29 is 19.8 Å². The van der Waals surface area contributed by atoms with Crippen LogP contribution in [0.3, 0.4) is 0 Å². The van der Waals surface area contributed by atoms with Crippen molar-refractivity contribution in [2.75, 3.05) is 0 Å². The van der Waals surface area contributed by atoms with Crippen LogP contribution in [0.1, 0.15) is 23.1 Å². The number of fused-ring (bicyclic) bond motifs is 1. The number of aromatic nitrogens is 2. The van der Waals surface area contributed by atoms with Crippen LogP contribution >= 0.6 is 15.9 Å². The fourth-order valence-corrected chi connectivity index (χ4v) is 2.35. The Morgan fingerprint density at radius 2 is 2.10 bits per heavy atom. The van der Waals surface area contributed by atoms with Gasteiger partial charge in [-0.3, -0.25) is 9.20 Å². The molecule has 2 aromatic rings. The molecule has 2 atom stereocenters. The van der Waals surface area contributed by atoms with E-state index in [0.29, 0.717) is 11.3 Å². The van der Waals surface area contributed by atoms with Crippen molar-refractivity contribution in [2.24, 2.45) is 0 Å².